The molecule has 0 aliphatic carbocycles. The van der Waals surface area contributed by atoms with E-state index in [0.29, 0.717) is 11.2 Å². The Kier molecular flexibility index (Phi) is 3.49. The molecule has 22 heavy (non-hydrogen) atoms. The van der Waals surface area contributed by atoms with Gasteiger partial charge in [-0.15, -0.1) is 11.3 Å². The molecule has 3 rings (SSSR count). The molecule has 5 nitrogen and oxygen atoms in total. The van der Waals surface area contributed by atoms with Crippen molar-refractivity contribution in [1.82, 2.24) is 9.97 Å². The largest absolute Gasteiger partial charge is 0.443 e. The summed E-state index contributed by atoms with van der Waals surface area (Å²) < 4.78 is 38.2. The molecule has 0 atom stereocenters. The number of aromatic nitrogens is 2. The van der Waals surface area contributed by atoms with E-state index in [-0.39, 0.29) is 21.3 Å². The van der Waals surface area contributed by atoms with Crippen molar-refractivity contribution in [2.45, 2.75) is 6.18 Å². The van der Waals surface area contributed by atoms with Crippen LogP contribution in [0.4, 0.5) is 24.0 Å². The number of anilines is 2. The van der Waals surface area contributed by atoms with Crippen LogP contribution in [0.5, 0.6) is 0 Å². The first-order chi connectivity index (χ1) is 10.3. The van der Waals surface area contributed by atoms with Gasteiger partial charge in [0.1, 0.15) is 4.88 Å². The molecule has 2 aromatic heterocycles. The zero-order chi connectivity index (χ0) is 15.9. The fourth-order valence-electron chi connectivity index (χ4n) is 1.66. The van der Waals surface area contributed by atoms with Crippen molar-refractivity contribution in [2.24, 2.45) is 0 Å². The molecule has 0 aliphatic rings. The van der Waals surface area contributed by atoms with E-state index < -0.39 is 17.1 Å². The Morgan fingerprint density at radius 2 is 2.05 bits per heavy atom. The van der Waals surface area contributed by atoms with Gasteiger partial charge in [0.15, 0.2) is 10.1 Å². The van der Waals surface area contributed by atoms with Gasteiger partial charge in [-0.2, -0.15) is 13.2 Å². The Hall–Kier alpha value is -2.20. The number of fused-ring (bicyclic) bond motifs is 1. The third-order valence-electron chi connectivity index (χ3n) is 2.60. The van der Waals surface area contributed by atoms with E-state index in [0.717, 1.165) is 10.9 Å². The molecule has 0 saturated carbocycles. The molecule has 0 unspecified atom stereocenters. The quantitative estimate of drug-likeness (QED) is 0.696. The highest BCUT2D eigenvalue weighted by molar-refractivity contribution is 7.22. The first kappa shape index (κ1) is 14.7. The standard InChI is InChI=1S/C12H7F3N4OS2/c13-12(14,15)10-17-4-8(21-10)9(20)19-11-18-6-2-1-5(16)3-7(6)22-11/h1-4H,16H2,(H,18,19,20). The zero-order valence-corrected chi connectivity index (χ0v) is 12.3. The van der Waals surface area contributed by atoms with E-state index in [1.165, 1.54) is 11.3 Å². The number of hydrogen-bond acceptors (Lipinski definition) is 6. The van der Waals surface area contributed by atoms with Gasteiger partial charge in [-0.1, -0.05) is 11.3 Å². The van der Waals surface area contributed by atoms with Crippen LogP contribution in [0.25, 0.3) is 10.2 Å². The van der Waals surface area contributed by atoms with Crippen LogP contribution in [0.15, 0.2) is 24.4 Å². The lowest BCUT2D eigenvalue weighted by atomic mass is 10.3. The van der Waals surface area contributed by atoms with Crippen molar-refractivity contribution in [1.29, 1.82) is 0 Å². The summed E-state index contributed by atoms with van der Waals surface area (Å²) in [5.74, 6) is -0.681. The lowest BCUT2D eigenvalue weighted by Crippen LogP contribution is -2.09. The van der Waals surface area contributed by atoms with Crippen molar-refractivity contribution in [3.8, 4) is 0 Å². The highest BCUT2D eigenvalue weighted by Gasteiger charge is 2.35. The Morgan fingerprint density at radius 3 is 2.73 bits per heavy atom. The maximum atomic E-state index is 12.5. The normalized spacial score (nSPS) is 11.8. The summed E-state index contributed by atoms with van der Waals surface area (Å²) in [6.07, 6.45) is -3.66. The molecule has 2 heterocycles. The second kappa shape index (κ2) is 5.21. The molecular weight excluding hydrogens is 337 g/mol. The van der Waals surface area contributed by atoms with Crippen LogP contribution in [0.3, 0.4) is 0 Å². The van der Waals surface area contributed by atoms with Crippen LogP contribution >= 0.6 is 22.7 Å². The van der Waals surface area contributed by atoms with E-state index in [1.807, 2.05) is 0 Å². The molecule has 0 radical (unpaired) electrons. The van der Waals surface area contributed by atoms with Gasteiger partial charge in [-0.25, -0.2) is 9.97 Å². The summed E-state index contributed by atoms with van der Waals surface area (Å²) in [7, 11) is 0. The Morgan fingerprint density at radius 1 is 1.27 bits per heavy atom. The summed E-state index contributed by atoms with van der Waals surface area (Å²) in [4.78, 5) is 19.2. The van der Waals surface area contributed by atoms with Gasteiger partial charge in [0, 0.05) is 5.69 Å². The van der Waals surface area contributed by atoms with Gasteiger partial charge in [0.25, 0.3) is 5.91 Å². The molecule has 0 saturated heterocycles. The molecular formula is C12H7F3N4OS2. The molecule has 1 aromatic carbocycles. The van der Waals surface area contributed by atoms with Crippen molar-refractivity contribution < 1.29 is 18.0 Å². The van der Waals surface area contributed by atoms with Crippen molar-refractivity contribution >= 4 is 49.6 Å². The van der Waals surface area contributed by atoms with Gasteiger partial charge >= 0.3 is 6.18 Å². The van der Waals surface area contributed by atoms with Crippen LogP contribution in [-0.4, -0.2) is 15.9 Å². The van der Waals surface area contributed by atoms with Gasteiger partial charge < -0.3 is 5.73 Å². The second-order valence-electron chi connectivity index (χ2n) is 4.23. The predicted molar refractivity (Wildman–Crippen MR) is 79.1 cm³/mol. The summed E-state index contributed by atoms with van der Waals surface area (Å²) in [5, 5.41) is 1.69. The van der Waals surface area contributed by atoms with Gasteiger partial charge in [-0.3, -0.25) is 10.1 Å². The minimum absolute atomic E-state index is 0.133. The first-order valence-corrected chi connectivity index (χ1v) is 7.46. The van der Waals surface area contributed by atoms with Crippen LogP contribution in [0.2, 0.25) is 0 Å². The molecule has 3 aromatic rings. The highest BCUT2D eigenvalue weighted by atomic mass is 32.1. The van der Waals surface area contributed by atoms with Crippen LogP contribution in [-0.2, 0) is 6.18 Å². The SMILES string of the molecule is Nc1ccc2nc(NC(=O)c3cnc(C(F)(F)F)s3)sc2c1. The molecule has 3 N–H and O–H groups in total. The Labute approximate surface area is 129 Å². The maximum Gasteiger partial charge on any atom is 0.443 e. The number of alkyl halides is 3. The minimum atomic E-state index is -4.56. The third kappa shape index (κ3) is 2.88. The fourth-order valence-corrected chi connectivity index (χ4v) is 3.25. The van der Waals surface area contributed by atoms with Gasteiger partial charge in [-0.05, 0) is 18.2 Å². The highest BCUT2D eigenvalue weighted by Crippen LogP contribution is 2.33. The number of hydrogen-bond donors (Lipinski definition) is 2. The average Bonchev–Trinajstić information content (AvgIpc) is 3.03. The number of carbonyl (C=O) groups excluding carboxylic acids is 1. The third-order valence-corrected chi connectivity index (χ3v) is 4.58. The Bertz CT molecular complexity index is 856. The fraction of sp³-hybridized carbons (Fsp3) is 0.0833. The Balaban J connectivity index is 1.82. The monoisotopic (exact) mass is 344 g/mol. The number of rotatable bonds is 2. The number of nitrogens with two attached hydrogens (primary N) is 1. The van der Waals surface area contributed by atoms with Crippen molar-refractivity contribution in [2.75, 3.05) is 11.1 Å². The molecule has 114 valence electrons. The van der Waals surface area contributed by atoms with Gasteiger partial charge in [0.05, 0.1) is 16.4 Å². The lowest BCUT2D eigenvalue weighted by Gasteiger charge is -1.99. The molecule has 1 amide bonds. The number of nitrogen functional groups attached to an aromatic ring is 1. The molecule has 0 spiro atoms. The summed E-state index contributed by atoms with van der Waals surface area (Å²) >= 11 is 1.47. The van der Waals surface area contributed by atoms with Gasteiger partial charge in [0.2, 0.25) is 0 Å². The molecule has 0 bridgehead atoms. The van der Waals surface area contributed by atoms with E-state index in [4.69, 9.17) is 5.73 Å². The van der Waals surface area contributed by atoms with Crippen molar-refractivity contribution in [3.05, 3.63) is 34.3 Å². The number of halogens is 3. The van der Waals surface area contributed by atoms with E-state index in [1.54, 1.807) is 18.2 Å². The summed E-state index contributed by atoms with van der Waals surface area (Å²) in [6.45, 7) is 0. The van der Waals surface area contributed by atoms with Crippen molar-refractivity contribution in [3.63, 3.8) is 0 Å². The maximum absolute atomic E-state index is 12.5. The number of nitrogens with one attached hydrogen (secondary N) is 1. The summed E-state index contributed by atoms with van der Waals surface area (Å²) in [5.41, 5.74) is 6.86. The van der Waals surface area contributed by atoms with E-state index >= 15 is 0 Å². The smallest absolute Gasteiger partial charge is 0.399 e. The van der Waals surface area contributed by atoms with Crippen LogP contribution < -0.4 is 11.1 Å². The molecule has 10 heteroatoms. The predicted octanol–water partition coefficient (Wildman–Crippen LogP) is 3.61. The number of thiazole rings is 2. The summed E-state index contributed by atoms with van der Waals surface area (Å²) in [6, 6.07) is 5.08. The number of amides is 1. The van der Waals surface area contributed by atoms with Crippen LogP contribution in [0.1, 0.15) is 14.7 Å². The zero-order valence-electron chi connectivity index (χ0n) is 10.6. The molecule has 0 fully saturated rings. The average molecular weight is 344 g/mol. The number of benzene rings is 1. The van der Waals surface area contributed by atoms with E-state index in [9.17, 15) is 18.0 Å². The van der Waals surface area contributed by atoms with Crippen LogP contribution in [0, 0.1) is 0 Å². The second-order valence-corrected chi connectivity index (χ2v) is 6.29. The first-order valence-electron chi connectivity index (χ1n) is 5.83. The number of nitrogens with zero attached hydrogens (tertiary/aromatic N) is 2. The number of carbonyl (C=O) groups is 1. The topological polar surface area (TPSA) is 80.9 Å². The lowest BCUT2D eigenvalue weighted by molar-refractivity contribution is -0.137. The molecule has 0 aliphatic heterocycles. The van der Waals surface area contributed by atoms with E-state index in [2.05, 4.69) is 15.3 Å². The minimum Gasteiger partial charge on any atom is -0.399 e.